The molecule has 134 valence electrons. The molecule has 1 aromatic carbocycles. The maximum absolute atomic E-state index is 12.8. The Morgan fingerprint density at radius 3 is 2.00 bits per heavy atom. The largest absolute Gasteiger partial charge is 0.416 e. The summed E-state index contributed by atoms with van der Waals surface area (Å²) >= 11 is 0. The first kappa shape index (κ1) is 18.6. The lowest BCUT2D eigenvalue weighted by molar-refractivity contribution is -0.143. The number of amides is 1. The van der Waals surface area contributed by atoms with Gasteiger partial charge in [-0.05, 0) is 43.0 Å². The standard InChI is InChI=1S/C15H16F6N2O/c16-14(17,18)10-3-8(4-11(6-10)15(19,20)21)7-23-13(24)9-1-2-12(22)5-9/h3-4,6,9,12H,1-2,5,7,22H2,(H,23,24). The Bertz CT molecular complexity index is 579. The van der Waals surface area contributed by atoms with E-state index in [4.69, 9.17) is 5.73 Å². The van der Waals surface area contributed by atoms with Crippen molar-refractivity contribution < 1.29 is 31.1 Å². The van der Waals surface area contributed by atoms with Gasteiger partial charge < -0.3 is 11.1 Å². The molecule has 9 heteroatoms. The molecule has 0 radical (unpaired) electrons. The monoisotopic (exact) mass is 354 g/mol. The van der Waals surface area contributed by atoms with E-state index in [1.165, 1.54) is 0 Å². The van der Waals surface area contributed by atoms with Crippen LogP contribution in [-0.2, 0) is 23.7 Å². The van der Waals surface area contributed by atoms with Crippen LogP contribution in [0.1, 0.15) is 36.0 Å². The Morgan fingerprint density at radius 2 is 1.58 bits per heavy atom. The fourth-order valence-electron chi connectivity index (χ4n) is 2.71. The molecule has 0 bridgehead atoms. The summed E-state index contributed by atoms with van der Waals surface area (Å²) in [6, 6.07) is 1.17. The topological polar surface area (TPSA) is 55.1 Å². The highest BCUT2D eigenvalue weighted by atomic mass is 19.4. The van der Waals surface area contributed by atoms with Gasteiger partial charge in [0.1, 0.15) is 0 Å². The average Bonchev–Trinajstić information content (AvgIpc) is 2.89. The first-order valence-corrected chi connectivity index (χ1v) is 7.28. The number of hydrogen-bond acceptors (Lipinski definition) is 2. The summed E-state index contributed by atoms with van der Waals surface area (Å²) in [5.41, 5.74) is 2.62. The summed E-state index contributed by atoms with van der Waals surface area (Å²) in [4.78, 5) is 11.9. The van der Waals surface area contributed by atoms with Crippen molar-refractivity contribution in [3.63, 3.8) is 0 Å². The second-order valence-electron chi connectivity index (χ2n) is 5.90. The third-order valence-electron chi connectivity index (χ3n) is 3.96. The maximum Gasteiger partial charge on any atom is 0.416 e. The third-order valence-corrected chi connectivity index (χ3v) is 3.96. The molecule has 1 aliphatic carbocycles. The molecule has 1 amide bonds. The minimum absolute atomic E-state index is 0.0569. The first-order valence-electron chi connectivity index (χ1n) is 7.28. The van der Waals surface area contributed by atoms with Crippen LogP contribution in [0.5, 0.6) is 0 Å². The molecular formula is C15H16F6N2O. The van der Waals surface area contributed by atoms with E-state index in [0.29, 0.717) is 31.4 Å². The van der Waals surface area contributed by atoms with Crippen molar-refractivity contribution in [1.82, 2.24) is 5.32 Å². The highest BCUT2D eigenvalue weighted by molar-refractivity contribution is 5.79. The number of nitrogens with one attached hydrogen (secondary N) is 1. The number of carbonyl (C=O) groups excluding carboxylic acids is 1. The number of benzene rings is 1. The fourth-order valence-corrected chi connectivity index (χ4v) is 2.71. The van der Waals surface area contributed by atoms with E-state index < -0.39 is 35.9 Å². The van der Waals surface area contributed by atoms with Crippen LogP contribution in [0, 0.1) is 5.92 Å². The molecule has 1 aromatic rings. The minimum atomic E-state index is -4.90. The number of rotatable bonds is 3. The lowest BCUT2D eigenvalue weighted by atomic mass is 10.0. The normalized spacial score (nSPS) is 21.8. The van der Waals surface area contributed by atoms with Gasteiger partial charge in [-0.25, -0.2) is 0 Å². The van der Waals surface area contributed by atoms with Crippen LogP contribution in [0.25, 0.3) is 0 Å². The molecule has 2 unspecified atom stereocenters. The lowest BCUT2D eigenvalue weighted by Crippen LogP contribution is -2.30. The van der Waals surface area contributed by atoms with E-state index in [1.54, 1.807) is 0 Å². The molecule has 3 nitrogen and oxygen atoms in total. The summed E-state index contributed by atoms with van der Waals surface area (Å²) in [5, 5.41) is 2.39. The molecule has 0 aromatic heterocycles. The Balaban J connectivity index is 2.15. The molecule has 0 spiro atoms. The van der Waals surface area contributed by atoms with E-state index in [2.05, 4.69) is 5.32 Å². The number of alkyl halides is 6. The van der Waals surface area contributed by atoms with E-state index in [9.17, 15) is 31.1 Å². The van der Waals surface area contributed by atoms with Gasteiger partial charge in [0.25, 0.3) is 0 Å². The van der Waals surface area contributed by atoms with Crippen molar-refractivity contribution in [2.45, 2.75) is 44.2 Å². The highest BCUT2D eigenvalue weighted by Crippen LogP contribution is 2.36. The van der Waals surface area contributed by atoms with Gasteiger partial charge in [0.2, 0.25) is 5.91 Å². The molecule has 2 rings (SSSR count). The first-order chi connectivity index (χ1) is 11.0. The minimum Gasteiger partial charge on any atom is -0.352 e. The number of halogens is 6. The van der Waals surface area contributed by atoms with E-state index in [-0.39, 0.29) is 23.6 Å². The Hall–Kier alpha value is -1.77. The number of nitrogens with two attached hydrogens (primary N) is 1. The van der Waals surface area contributed by atoms with Crippen LogP contribution in [0.3, 0.4) is 0 Å². The smallest absolute Gasteiger partial charge is 0.352 e. The fraction of sp³-hybridized carbons (Fsp3) is 0.533. The molecule has 1 fully saturated rings. The third kappa shape index (κ3) is 4.62. The second kappa shape index (κ2) is 6.62. The molecule has 3 N–H and O–H groups in total. The SMILES string of the molecule is NC1CCC(C(=O)NCc2cc(C(F)(F)F)cc(C(F)(F)F)c2)C1. The Morgan fingerprint density at radius 1 is 1.04 bits per heavy atom. The molecule has 1 saturated carbocycles. The van der Waals surface area contributed by atoms with Gasteiger partial charge in [0, 0.05) is 18.5 Å². The van der Waals surface area contributed by atoms with Crippen LogP contribution in [-0.4, -0.2) is 11.9 Å². The summed E-state index contributed by atoms with van der Waals surface area (Å²) in [5.74, 6) is -0.762. The van der Waals surface area contributed by atoms with Crippen molar-refractivity contribution in [3.05, 3.63) is 34.9 Å². The van der Waals surface area contributed by atoms with Gasteiger partial charge in [0.05, 0.1) is 11.1 Å². The molecule has 0 heterocycles. The van der Waals surface area contributed by atoms with E-state index in [0.717, 1.165) is 0 Å². The van der Waals surface area contributed by atoms with Gasteiger partial charge >= 0.3 is 12.4 Å². The zero-order valence-corrected chi connectivity index (χ0v) is 12.5. The van der Waals surface area contributed by atoms with Crippen molar-refractivity contribution in [2.24, 2.45) is 11.7 Å². The lowest BCUT2D eigenvalue weighted by Gasteiger charge is -2.15. The quantitative estimate of drug-likeness (QED) is 0.817. The van der Waals surface area contributed by atoms with Crippen molar-refractivity contribution in [1.29, 1.82) is 0 Å². The molecule has 0 saturated heterocycles. The van der Waals surface area contributed by atoms with Crippen molar-refractivity contribution in [3.8, 4) is 0 Å². The predicted molar refractivity (Wildman–Crippen MR) is 73.6 cm³/mol. The van der Waals surface area contributed by atoms with Gasteiger partial charge in [-0.15, -0.1) is 0 Å². The Labute approximate surface area is 134 Å². The van der Waals surface area contributed by atoms with Crippen molar-refractivity contribution >= 4 is 5.91 Å². The molecule has 0 aliphatic heterocycles. The van der Waals surface area contributed by atoms with Gasteiger partial charge in [-0.1, -0.05) is 0 Å². The van der Waals surface area contributed by atoms with Crippen LogP contribution >= 0.6 is 0 Å². The van der Waals surface area contributed by atoms with Crippen molar-refractivity contribution in [2.75, 3.05) is 0 Å². The zero-order valence-electron chi connectivity index (χ0n) is 12.5. The van der Waals surface area contributed by atoms with Crippen LogP contribution < -0.4 is 11.1 Å². The molecule has 2 atom stereocenters. The van der Waals surface area contributed by atoms with Crippen LogP contribution in [0.2, 0.25) is 0 Å². The zero-order chi connectivity index (χ0) is 18.1. The number of hydrogen-bond donors (Lipinski definition) is 2. The summed E-state index contributed by atoms with van der Waals surface area (Å²) in [7, 11) is 0. The van der Waals surface area contributed by atoms with E-state index >= 15 is 0 Å². The number of carbonyl (C=O) groups is 1. The van der Waals surface area contributed by atoms with E-state index in [1.807, 2.05) is 0 Å². The molecule has 24 heavy (non-hydrogen) atoms. The Kier molecular flexibility index (Phi) is 5.12. The maximum atomic E-state index is 12.8. The second-order valence-corrected chi connectivity index (χ2v) is 5.90. The summed E-state index contributed by atoms with van der Waals surface area (Å²) in [6.07, 6.45) is -8.12. The molecular weight excluding hydrogens is 338 g/mol. The summed E-state index contributed by atoms with van der Waals surface area (Å²) in [6.45, 7) is -0.405. The molecule has 1 aliphatic rings. The van der Waals surface area contributed by atoms with Gasteiger partial charge in [-0.3, -0.25) is 4.79 Å². The highest BCUT2D eigenvalue weighted by Gasteiger charge is 2.37. The summed E-state index contributed by atoms with van der Waals surface area (Å²) < 4.78 is 76.5. The van der Waals surface area contributed by atoms with Gasteiger partial charge in [-0.2, -0.15) is 26.3 Å². The van der Waals surface area contributed by atoms with Crippen LogP contribution in [0.15, 0.2) is 18.2 Å². The van der Waals surface area contributed by atoms with Gasteiger partial charge in [0.15, 0.2) is 0 Å². The van der Waals surface area contributed by atoms with Crippen LogP contribution in [0.4, 0.5) is 26.3 Å². The average molecular weight is 354 g/mol. The predicted octanol–water partition coefficient (Wildman–Crippen LogP) is 3.47.